The number of anilines is 1. The molecule has 0 radical (unpaired) electrons. The third-order valence-electron chi connectivity index (χ3n) is 2.14. The van der Waals surface area contributed by atoms with Gasteiger partial charge in [0.15, 0.2) is 5.11 Å². The summed E-state index contributed by atoms with van der Waals surface area (Å²) in [7, 11) is 1.30. The van der Waals surface area contributed by atoms with Crippen LogP contribution >= 0.6 is 12.2 Å². The fraction of sp³-hybridized carbons (Fsp3) is 0.154. The highest BCUT2D eigenvalue weighted by Crippen LogP contribution is 2.15. The number of thiocarbonyl (C=S) groups is 1. The molecule has 5 nitrogen and oxygen atoms in total. The number of allylic oxidation sites excluding steroid dienone is 1. The van der Waals surface area contributed by atoms with E-state index in [9.17, 15) is 9.59 Å². The lowest BCUT2D eigenvalue weighted by Gasteiger charge is -2.11. The molecule has 1 aromatic carbocycles. The first kappa shape index (κ1) is 14.8. The van der Waals surface area contributed by atoms with Crippen molar-refractivity contribution >= 4 is 34.9 Å². The van der Waals surface area contributed by atoms with Gasteiger partial charge in [-0.2, -0.15) is 0 Å². The average molecular weight is 278 g/mol. The van der Waals surface area contributed by atoms with Crippen molar-refractivity contribution in [3.63, 3.8) is 0 Å². The van der Waals surface area contributed by atoms with Crippen molar-refractivity contribution < 1.29 is 14.3 Å². The van der Waals surface area contributed by atoms with Crippen molar-refractivity contribution in [3.8, 4) is 0 Å². The molecular formula is C13H14N2O3S. The Kier molecular flexibility index (Phi) is 5.69. The third kappa shape index (κ3) is 4.51. The zero-order chi connectivity index (χ0) is 14.3. The van der Waals surface area contributed by atoms with Crippen LogP contribution in [0.5, 0.6) is 0 Å². The minimum absolute atomic E-state index is 0.111. The van der Waals surface area contributed by atoms with E-state index in [1.165, 1.54) is 13.2 Å². The molecule has 1 rings (SSSR count). The van der Waals surface area contributed by atoms with Gasteiger partial charge in [0.25, 0.3) is 0 Å². The summed E-state index contributed by atoms with van der Waals surface area (Å²) in [4.78, 5) is 22.8. The largest absolute Gasteiger partial charge is 0.465 e. The van der Waals surface area contributed by atoms with Crippen LogP contribution in [0.2, 0.25) is 0 Å². The van der Waals surface area contributed by atoms with Crippen LogP contribution in [-0.4, -0.2) is 24.1 Å². The minimum atomic E-state index is -0.481. The number of hydrogen-bond donors (Lipinski definition) is 2. The zero-order valence-electron chi connectivity index (χ0n) is 10.6. The first-order valence-corrected chi connectivity index (χ1v) is 5.91. The highest BCUT2D eigenvalue weighted by Gasteiger charge is 2.12. The highest BCUT2D eigenvalue weighted by atomic mass is 32.1. The molecule has 0 spiro atoms. The third-order valence-corrected chi connectivity index (χ3v) is 2.34. The maximum atomic E-state index is 11.5. The van der Waals surface area contributed by atoms with Gasteiger partial charge in [-0.25, -0.2) is 4.79 Å². The van der Waals surface area contributed by atoms with Crippen molar-refractivity contribution in [2.45, 2.75) is 6.92 Å². The number of esters is 1. The molecule has 0 unspecified atom stereocenters. The number of carbonyl (C=O) groups excluding carboxylic acids is 2. The molecule has 19 heavy (non-hydrogen) atoms. The average Bonchev–Trinajstić information content (AvgIpc) is 2.38. The monoisotopic (exact) mass is 278 g/mol. The standard InChI is InChI=1S/C13H14N2O3S/c1-3-6-11(16)15-13(19)14-10-8-5-4-7-9(10)12(17)18-2/h3-8H,1-2H3,(H2,14,15,16,19)/b6-3+. The Bertz CT molecular complexity index is 526. The lowest BCUT2D eigenvalue weighted by molar-refractivity contribution is -0.115. The zero-order valence-corrected chi connectivity index (χ0v) is 11.4. The molecule has 0 aromatic heterocycles. The molecule has 6 heteroatoms. The molecule has 1 amide bonds. The van der Waals surface area contributed by atoms with E-state index >= 15 is 0 Å². The van der Waals surface area contributed by atoms with Gasteiger partial charge in [0.05, 0.1) is 18.4 Å². The van der Waals surface area contributed by atoms with Crippen molar-refractivity contribution in [3.05, 3.63) is 42.0 Å². The van der Waals surface area contributed by atoms with Crippen LogP contribution in [0.3, 0.4) is 0 Å². The molecule has 100 valence electrons. The number of amides is 1. The van der Waals surface area contributed by atoms with Crippen LogP contribution < -0.4 is 10.6 Å². The number of hydrogen-bond acceptors (Lipinski definition) is 4. The Morgan fingerprint density at radius 2 is 2.00 bits per heavy atom. The van der Waals surface area contributed by atoms with Gasteiger partial charge < -0.3 is 10.1 Å². The van der Waals surface area contributed by atoms with E-state index in [0.29, 0.717) is 11.3 Å². The first-order chi connectivity index (χ1) is 9.08. The maximum Gasteiger partial charge on any atom is 0.339 e. The van der Waals surface area contributed by atoms with E-state index in [1.807, 2.05) is 0 Å². The quantitative estimate of drug-likeness (QED) is 0.502. The summed E-state index contributed by atoms with van der Waals surface area (Å²) in [5.74, 6) is -0.818. The number of benzene rings is 1. The summed E-state index contributed by atoms with van der Waals surface area (Å²) < 4.78 is 4.66. The number of carbonyl (C=O) groups is 2. The number of ether oxygens (including phenoxy) is 1. The Labute approximate surface area is 116 Å². The Hall–Kier alpha value is -2.21. The molecule has 0 bridgehead atoms. The topological polar surface area (TPSA) is 67.4 Å². The molecule has 1 aromatic rings. The molecule has 0 heterocycles. The van der Waals surface area contributed by atoms with Crippen LogP contribution in [-0.2, 0) is 9.53 Å². The number of rotatable bonds is 3. The van der Waals surface area contributed by atoms with Crippen LogP contribution in [0.15, 0.2) is 36.4 Å². The second kappa shape index (κ2) is 7.27. The van der Waals surface area contributed by atoms with Crippen LogP contribution in [0.25, 0.3) is 0 Å². The molecule has 0 saturated carbocycles. The van der Waals surface area contributed by atoms with Gasteiger partial charge in [-0.05, 0) is 37.4 Å². The van der Waals surface area contributed by atoms with Crippen LogP contribution in [0, 0.1) is 0 Å². The summed E-state index contributed by atoms with van der Waals surface area (Å²) in [6, 6.07) is 6.72. The van der Waals surface area contributed by atoms with Gasteiger partial charge in [-0.15, -0.1) is 0 Å². The molecule has 0 atom stereocenters. The number of para-hydroxylation sites is 1. The van der Waals surface area contributed by atoms with Gasteiger partial charge in [0, 0.05) is 0 Å². The van der Waals surface area contributed by atoms with Crippen molar-refractivity contribution in [2.24, 2.45) is 0 Å². The van der Waals surface area contributed by atoms with Crippen LogP contribution in [0.1, 0.15) is 17.3 Å². The predicted octanol–water partition coefficient (Wildman–Crippen LogP) is 1.86. The second-order valence-corrected chi connectivity index (χ2v) is 3.89. The molecule has 0 aliphatic rings. The van der Waals surface area contributed by atoms with E-state index in [2.05, 4.69) is 15.4 Å². The van der Waals surface area contributed by atoms with Gasteiger partial charge in [-0.1, -0.05) is 18.2 Å². The molecule has 2 N–H and O–H groups in total. The summed E-state index contributed by atoms with van der Waals surface area (Å²) in [5, 5.41) is 5.35. The van der Waals surface area contributed by atoms with E-state index in [4.69, 9.17) is 12.2 Å². The summed E-state index contributed by atoms with van der Waals surface area (Å²) in [5.41, 5.74) is 0.813. The van der Waals surface area contributed by atoms with Crippen molar-refractivity contribution in [1.29, 1.82) is 0 Å². The normalized spacial score (nSPS) is 10.0. The molecule has 0 saturated heterocycles. The molecule has 0 aliphatic carbocycles. The number of nitrogens with one attached hydrogen (secondary N) is 2. The molecular weight excluding hydrogens is 264 g/mol. The Morgan fingerprint density at radius 3 is 2.63 bits per heavy atom. The smallest absolute Gasteiger partial charge is 0.339 e. The first-order valence-electron chi connectivity index (χ1n) is 5.50. The van der Waals surface area contributed by atoms with Gasteiger partial charge >= 0.3 is 5.97 Å². The second-order valence-electron chi connectivity index (χ2n) is 3.48. The number of methoxy groups -OCH3 is 1. The fourth-order valence-electron chi connectivity index (χ4n) is 1.34. The lowest BCUT2D eigenvalue weighted by atomic mass is 10.2. The molecule has 0 fully saturated rings. The van der Waals surface area contributed by atoms with E-state index < -0.39 is 5.97 Å². The van der Waals surface area contributed by atoms with E-state index in [1.54, 1.807) is 37.3 Å². The lowest BCUT2D eigenvalue weighted by Crippen LogP contribution is -2.33. The minimum Gasteiger partial charge on any atom is -0.465 e. The van der Waals surface area contributed by atoms with Gasteiger partial charge in [0.1, 0.15) is 0 Å². The Balaban J connectivity index is 2.79. The van der Waals surface area contributed by atoms with Gasteiger partial charge in [0.2, 0.25) is 5.91 Å². The van der Waals surface area contributed by atoms with Crippen molar-refractivity contribution in [1.82, 2.24) is 5.32 Å². The fourth-order valence-corrected chi connectivity index (χ4v) is 1.55. The highest BCUT2D eigenvalue weighted by molar-refractivity contribution is 7.80. The van der Waals surface area contributed by atoms with Gasteiger partial charge in [-0.3, -0.25) is 10.1 Å². The summed E-state index contributed by atoms with van der Waals surface area (Å²) in [6.07, 6.45) is 2.94. The molecule has 0 aliphatic heterocycles. The summed E-state index contributed by atoms with van der Waals surface area (Å²) in [6.45, 7) is 1.72. The predicted molar refractivity (Wildman–Crippen MR) is 77.0 cm³/mol. The maximum absolute atomic E-state index is 11.5. The van der Waals surface area contributed by atoms with E-state index in [0.717, 1.165) is 0 Å². The SMILES string of the molecule is C/C=C/C(=O)NC(=S)Nc1ccccc1C(=O)OC. The summed E-state index contributed by atoms with van der Waals surface area (Å²) >= 11 is 4.98. The van der Waals surface area contributed by atoms with E-state index in [-0.39, 0.29) is 11.0 Å². The van der Waals surface area contributed by atoms with Crippen molar-refractivity contribution in [2.75, 3.05) is 12.4 Å². The Morgan fingerprint density at radius 1 is 1.32 bits per heavy atom. The van der Waals surface area contributed by atoms with Crippen LogP contribution in [0.4, 0.5) is 5.69 Å².